The van der Waals surface area contributed by atoms with E-state index in [0.717, 1.165) is 55.5 Å². The Bertz CT molecular complexity index is 932. The van der Waals surface area contributed by atoms with E-state index in [9.17, 15) is 0 Å². The Morgan fingerprint density at radius 1 is 1.16 bits per heavy atom. The van der Waals surface area contributed by atoms with Crippen molar-refractivity contribution in [2.75, 3.05) is 31.6 Å². The summed E-state index contributed by atoms with van der Waals surface area (Å²) in [4.78, 5) is 6.11. The molecule has 0 saturated heterocycles. The van der Waals surface area contributed by atoms with E-state index in [4.69, 9.17) is 14.5 Å². The van der Waals surface area contributed by atoms with Crippen LogP contribution >= 0.6 is 35.3 Å². The Labute approximate surface area is 203 Å². The smallest absolute Gasteiger partial charge is 0.195 e. The lowest BCUT2D eigenvalue weighted by Crippen LogP contribution is -2.32. The van der Waals surface area contributed by atoms with Crippen LogP contribution in [0.5, 0.6) is 11.5 Å². The fourth-order valence-corrected chi connectivity index (χ4v) is 3.84. The number of anilines is 1. The summed E-state index contributed by atoms with van der Waals surface area (Å²) in [6, 6.07) is 12.1. The monoisotopic (exact) mass is 553 g/mol. The maximum Gasteiger partial charge on any atom is 0.195 e. The van der Waals surface area contributed by atoms with Crippen molar-refractivity contribution in [3.63, 3.8) is 0 Å². The maximum atomic E-state index is 5.81. The van der Waals surface area contributed by atoms with Gasteiger partial charge < -0.3 is 20.1 Å². The number of ether oxygens (including phenoxy) is 2. The van der Waals surface area contributed by atoms with Crippen molar-refractivity contribution < 1.29 is 9.47 Å². The second-order valence-electron chi connectivity index (χ2n) is 6.95. The zero-order valence-corrected chi connectivity index (χ0v) is 20.5. The van der Waals surface area contributed by atoms with Gasteiger partial charge in [-0.25, -0.2) is 0 Å². The minimum atomic E-state index is 0. The summed E-state index contributed by atoms with van der Waals surface area (Å²) < 4.78 is 13.5. The molecular weight excluding hydrogens is 525 g/mol. The van der Waals surface area contributed by atoms with E-state index in [-0.39, 0.29) is 24.0 Å². The van der Waals surface area contributed by atoms with Crippen LogP contribution in [0, 0.1) is 0 Å². The zero-order valence-electron chi connectivity index (χ0n) is 17.3. The third-order valence-corrected chi connectivity index (χ3v) is 5.56. The van der Waals surface area contributed by atoms with Crippen LogP contribution in [0.2, 0.25) is 0 Å². The lowest BCUT2D eigenvalue weighted by Gasteiger charge is -2.14. The molecule has 1 aliphatic heterocycles. The molecule has 0 bridgehead atoms. The highest BCUT2D eigenvalue weighted by molar-refractivity contribution is 14.0. The number of halogens is 1. The van der Waals surface area contributed by atoms with Gasteiger partial charge in [0.05, 0.1) is 13.2 Å². The van der Waals surface area contributed by atoms with Gasteiger partial charge in [0.15, 0.2) is 17.5 Å². The number of guanidine groups is 1. The Morgan fingerprint density at radius 2 is 2.06 bits per heavy atom. The van der Waals surface area contributed by atoms with E-state index in [0.29, 0.717) is 19.8 Å². The second-order valence-corrected chi connectivity index (χ2v) is 7.98. The second kappa shape index (κ2) is 12.6. The number of hydrogen-bond donors (Lipinski definition) is 2. The summed E-state index contributed by atoms with van der Waals surface area (Å²) in [6.07, 6.45) is 6.55. The SMILES string of the molecule is I.c1csc(CCNC(=NCCCn2cccn2)Nc2ccc3c(c2)OCCCO3)c1. The van der Waals surface area contributed by atoms with Gasteiger partial charge in [-0.05, 0) is 42.5 Å². The molecule has 3 aromatic rings. The van der Waals surface area contributed by atoms with Crippen LogP contribution in [0.1, 0.15) is 17.7 Å². The van der Waals surface area contributed by atoms with Crippen molar-refractivity contribution in [1.82, 2.24) is 15.1 Å². The third kappa shape index (κ3) is 7.42. The van der Waals surface area contributed by atoms with E-state index < -0.39 is 0 Å². The first-order valence-electron chi connectivity index (χ1n) is 10.3. The van der Waals surface area contributed by atoms with Gasteiger partial charge in [0.25, 0.3) is 0 Å². The molecule has 2 aromatic heterocycles. The molecule has 0 spiro atoms. The van der Waals surface area contributed by atoms with Gasteiger partial charge in [0, 0.05) is 55.1 Å². The molecule has 2 N–H and O–H groups in total. The molecule has 0 radical (unpaired) electrons. The first-order valence-corrected chi connectivity index (χ1v) is 11.2. The number of nitrogens with zero attached hydrogens (tertiary/aromatic N) is 3. The van der Waals surface area contributed by atoms with Crippen molar-refractivity contribution in [2.45, 2.75) is 25.8 Å². The molecule has 0 saturated carbocycles. The van der Waals surface area contributed by atoms with E-state index in [1.165, 1.54) is 4.88 Å². The summed E-state index contributed by atoms with van der Waals surface area (Å²) in [7, 11) is 0. The van der Waals surface area contributed by atoms with Gasteiger partial charge in [0.2, 0.25) is 0 Å². The Morgan fingerprint density at radius 3 is 2.87 bits per heavy atom. The van der Waals surface area contributed by atoms with Crippen molar-refractivity contribution in [3.05, 3.63) is 59.0 Å². The lowest BCUT2D eigenvalue weighted by atomic mass is 10.2. The highest BCUT2D eigenvalue weighted by atomic mass is 127. The van der Waals surface area contributed by atoms with Gasteiger partial charge in [-0.15, -0.1) is 35.3 Å². The topological polar surface area (TPSA) is 72.7 Å². The lowest BCUT2D eigenvalue weighted by molar-refractivity contribution is 0.297. The molecule has 31 heavy (non-hydrogen) atoms. The first-order chi connectivity index (χ1) is 14.9. The normalized spacial score (nSPS) is 13.2. The fourth-order valence-electron chi connectivity index (χ4n) is 3.13. The third-order valence-electron chi connectivity index (χ3n) is 4.63. The van der Waals surface area contributed by atoms with Gasteiger partial charge in [-0.3, -0.25) is 9.67 Å². The van der Waals surface area contributed by atoms with E-state index in [2.05, 4.69) is 33.2 Å². The number of thiophene rings is 1. The standard InChI is InChI=1S/C22H27N5O2S.HI/c1-5-19(30-16-1)8-11-24-22(23-9-2-12-27-13-3-10-25-27)26-18-6-7-20-21(17-18)29-15-4-14-28-20;/h1,3,5-7,10,13,16-17H,2,4,8-9,11-12,14-15H2,(H2,23,24,26);1H. The van der Waals surface area contributed by atoms with Crippen LogP contribution < -0.4 is 20.1 Å². The summed E-state index contributed by atoms with van der Waals surface area (Å²) >= 11 is 1.78. The number of aryl methyl sites for hydroxylation is 1. The summed E-state index contributed by atoms with van der Waals surface area (Å²) in [5, 5.41) is 13.2. The molecule has 166 valence electrons. The predicted octanol–water partition coefficient (Wildman–Crippen LogP) is 4.41. The van der Waals surface area contributed by atoms with Gasteiger partial charge in [0.1, 0.15) is 0 Å². The van der Waals surface area contributed by atoms with E-state index in [1.54, 1.807) is 17.5 Å². The molecule has 1 aliphatic rings. The largest absolute Gasteiger partial charge is 0.490 e. The summed E-state index contributed by atoms with van der Waals surface area (Å²) in [5.41, 5.74) is 0.925. The highest BCUT2D eigenvalue weighted by Crippen LogP contribution is 2.32. The van der Waals surface area contributed by atoms with E-state index >= 15 is 0 Å². The maximum absolute atomic E-state index is 5.81. The number of rotatable bonds is 8. The first kappa shape index (κ1) is 23.4. The van der Waals surface area contributed by atoms with Crippen LogP contribution in [0.15, 0.2) is 59.2 Å². The average molecular weight is 553 g/mol. The molecule has 0 amide bonds. The van der Waals surface area contributed by atoms with Gasteiger partial charge in [-0.1, -0.05) is 6.07 Å². The van der Waals surface area contributed by atoms with Crippen molar-refractivity contribution in [1.29, 1.82) is 0 Å². The van der Waals surface area contributed by atoms with Crippen LogP contribution in [0.25, 0.3) is 0 Å². The highest BCUT2D eigenvalue weighted by Gasteiger charge is 2.11. The number of benzene rings is 1. The van der Waals surface area contributed by atoms with Crippen molar-refractivity contribution >= 4 is 47.0 Å². The van der Waals surface area contributed by atoms with Crippen molar-refractivity contribution in [3.8, 4) is 11.5 Å². The molecule has 4 rings (SSSR count). The Kier molecular flexibility index (Phi) is 9.47. The van der Waals surface area contributed by atoms with Crippen molar-refractivity contribution in [2.24, 2.45) is 4.99 Å². The van der Waals surface area contributed by atoms with Crippen LogP contribution in [-0.4, -0.2) is 42.0 Å². The number of aliphatic imine (C=N–C) groups is 1. The molecule has 9 heteroatoms. The quantitative estimate of drug-likeness (QED) is 0.187. The zero-order chi connectivity index (χ0) is 20.4. The molecule has 0 fully saturated rings. The van der Waals surface area contributed by atoms with Crippen LogP contribution in [-0.2, 0) is 13.0 Å². The number of fused-ring (bicyclic) bond motifs is 1. The molecule has 0 aliphatic carbocycles. The minimum absolute atomic E-state index is 0. The summed E-state index contributed by atoms with van der Waals surface area (Å²) in [5.74, 6) is 2.33. The average Bonchev–Trinajstić information content (AvgIpc) is 3.42. The molecule has 0 atom stereocenters. The number of hydrogen-bond acceptors (Lipinski definition) is 5. The molecule has 1 aromatic carbocycles. The molecular formula is C22H28IN5O2S. The minimum Gasteiger partial charge on any atom is -0.490 e. The number of nitrogens with one attached hydrogen (secondary N) is 2. The molecule has 3 heterocycles. The van der Waals surface area contributed by atoms with Gasteiger partial charge >= 0.3 is 0 Å². The van der Waals surface area contributed by atoms with Crippen LogP contribution in [0.4, 0.5) is 5.69 Å². The fraction of sp³-hybridized carbons (Fsp3) is 0.364. The van der Waals surface area contributed by atoms with E-state index in [1.807, 2.05) is 35.1 Å². The summed E-state index contributed by atoms with van der Waals surface area (Å²) in [6.45, 7) is 3.73. The molecule has 0 unspecified atom stereocenters. The van der Waals surface area contributed by atoms with Gasteiger partial charge in [-0.2, -0.15) is 5.10 Å². The van der Waals surface area contributed by atoms with Crippen LogP contribution in [0.3, 0.4) is 0 Å². The predicted molar refractivity (Wildman–Crippen MR) is 136 cm³/mol. The Balaban J connectivity index is 0.00000272. The number of aromatic nitrogens is 2. The molecule has 7 nitrogen and oxygen atoms in total. The Hall–Kier alpha value is -2.27.